The molecule has 22 heavy (non-hydrogen) atoms. The molecule has 8 nitrogen and oxygen atoms in total. The molecule has 0 bridgehead atoms. The fourth-order valence-electron chi connectivity index (χ4n) is 1.76. The van der Waals surface area contributed by atoms with E-state index in [0.29, 0.717) is 12.4 Å². The van der Waals surface area contributed by atoms with Gasteiger partial charge in [0.2, 0.25) is 0 Å². The Bertz CT molecular complexity index is 521. The molecule has 0 saturated heterocycles. The highest BCUT2D eigenvalue weighted by Crippen LogP contribution is 2.17. The summed E-state index contributed by atoms with van der Waals surface area (Å²) in [6.07, 6.45) is 2.29. The quantitative estimate of drug-likeness (QED) is 0.830. The third kappa shape index (κ3) is 5.27. The number of aliphatic carboxylic acids is 1. The lowest BCUT2D eigenvalue weighted by Gasteiger charge is -2.25. The van der Waals surface area contributed by atoms with Crippen LogP contribution in [0.2, 0.25) is 0 Å². The van der Waals surface area contributed by atoms with Crippen LogP contribution in [0.3, 0.4) is 0 Å². The molecule has 0 fully saturated rings. The number of hydrogen-bond donors (Lipinski definition) is 2. The Morgan fingerprint density at radius 1 is 1.45 bits per heavy atom. The monoisotopic (exact) mass is 313 g/mol. The van der Waals surface area contributed by atoms with Crippen molar-refractivity contribution >= 4 is 12.1 Å². The first kappa shape index (κ1) is 17.8. The van der Waals surface area contributed by atoms with Crippen LogP contribution in [-0.2, 0) is 9.53 Å². The molecular weight excluding hydrogens is 290 g/mol. The zero-order chi connectivity index (χ0) is 16.9. The molecule has 8 heteroatoms. The molecule has 0 saturated carbocycles. The maximum atomic E-state index is 11.8. The van der Waals surface area contributed by atoms with Crippen LogP contribution in [0.5, 0.6) is 5.75 Å². The summed E-state index contributed by atoms with van der Waals surface area (Å²) in [5, 5.41) is 15.7. The van der Waals surface area contributed by atoms with Gasteiger partial charge in [-0.3, -0.25) is 4.68 Å². The molecule has 0 aliphatic carbocycles. The second kappa shape index (κ2) is 7.15. The number of hydrogen-bond acceptors (Lipinski definition) is 5. The largest absolute Gasteiger partial charge is 0.491 e. The maximum Gasteiger partial charge on any atom is 0.408 e. The number of alkyl carbamates (subject to hydrolysis) is 1. The van der Waals surface area contributed by atoms with Gasteiger partial charge >= 0.3 is 12.1 Å². The van der Waals surface area contributed by atoms with Gasteiger partial charge in [0, 0.05) is 0 Å². The summed E-state index contributed by atoms with van der Waals surface area (Å²) in [4.78, 5) is 23.2. The van der Waals surface area contributed by atoms with Gasteiger partial charge in [-0.25, -0.2) is 9.59 Å². The van der Waals surface area contributed by atoms with E-state index in [-0.39, 0.29) is 0 Å². The molecular formula is C14H23N3O5. The van der Waals surface area contributed by atoms with Crippen LogP contribution in [0.4, 0.5) is 4.79 Å². The first-order valence-corrected chi connectivity index (χ1v) is 7.03. The van der Waals surface area contributed by atoms with E-state index in [4.69, 9.17) is 9.47 Å². The number of ether oxygens (including phenoxy) is 2. The van der Waals surface area contributed by atoms with Crippen LogP contribution < -0.4 is 10.1 Å². The summed E-state index contributed by atoms with van der Waals surface area (Å²) >= 11 is 0. The summed E-state index contributed by atoms with van der Waals surface area (Å²) in [5.74, 6) is -0.637. The Kier molecular flexibility index (Phi) is 5.78. The first-order chi connectivity index (χ1) is 10.1. The van der Waals surface area contributed by atoms with Crippen LogP contribution in [0.25, 0.3) is 0 Å². The number of amides is 1. The van der Waals surface area contributed by atoms with Gasteiger partial charge in [0.15, 0.2) is 11.8 Å². The van der Waals surface area contributed by atoms with Crippen LogP contribution in [-0.4, -0.2) is 45.2 Å². The van der Waals surface area contributed by atoms with Crippen molar-refractivity contribution in [1.29, 1.82) is 0 Å². The smallest absolute Gasteiger partial charge is 0.408 e. The Morgan fingerprint density at radius 3 is 2.59 bits per heavy atom. The Labute approximate surface area is 129 Å². The van der Waals surface area contributed by atoms with Gasteiger partial charge in [-0.05, 0) is 34.6 Å². The van der Waals surface area contributed by atoms with Gasteiger partial charge in [-0.1, -0.05) is 0 Å². The van der Waals surface area contributed by atoms with E-state index < -0.39 is 29.7 Å². The Morgan fingerprint density at radius 2 is 2.09 bits per heavy atom. The van der Waals surface area contributed by atoms with Crippen molar-refractivity contribution in [2.75, 3.05) is 6.61 Å². The lowest BCUT2D eigenvalue weighted by molar-refractivity contribution is -0.140. The lowest BCUT2D eigenvalue weighted by Crippen LogP contribution is -2.47. The van der Waals surface area contributed by atoms with E-state index in [9.17, 15) is 14.7 Å². The molecule has 0 spiro atoms. The minimum Gasteiger partial charge on any atom is -0.491 e. The molecule has 124 valence electrons. The van der Waals surface area contributed by atoms with Crippen LogP contribution >= 0.6 is 0 Å². The fourth-order valence-corrected chi connectivity index (χ4v) is 1.76. The molecule has 1 aromatic rings. The van der Waals surface area contributed by atoms with E-state index in [1.54, 1.807) is 33.9 Å². The molecule has 2 unspecified atom stereocenters. The van der Waals surface area contributed by atoms with Crippen molar-refractivity contribution in [2.24, 2.45) is 0 Å². The molecule has 1 heterocycles. The number of carboxylic acids is 1. The summed E-state index contributed by atoms with van der Waals surface area (Å²) < 4.78 is 11.8. The minimum absolute atomic E-state index is 0.485. The topological polar surface area (TPSA) is 103 Å². The highest BCUT2D eigenvalue weighted by Gasteiger charge is 2.30. The molecule has 1 rings (SSSR count). The van der Waals surface area contributed by atoms with Crippen molar-refractivity contribution < 1.29 is 24.2 Å². The van der Waals surface area contributed by atoms with Gasteiger partial charge in [0.05, 0.1) is 25.0 Å². The average molecular weight is 313 g/mol. The molecule has 2 atom stereocenters. The SMILES string of the molecule is CCOc1cnn(C(C)C(NC(=O)OC(C)(C)C)C(=O)O)c1. The summed E-state index contributed by atoms with van der Waals surface area (Å²) in [7, 11) is 0. The van der Waals surface area contributed by atoms with E-state index in [1.807, 2.05) is 6.92 Å². The van der Waals surface area contributed by atoms with Gasteiger partial charge in [-0.2, -0.15) is 5.10 Å². The average Bonchev–Trinajstić information content (AvgIpc) is 2.82. The third-order valence-electron chi connectivity index (χ3n) is 2.73. The van der Waals surface area contributed by atoms with E-state index >= 15 is 0 Å². The lowest BCUT2D eigenvalue weighted by atomic mass is 10.1. The third-order valence-corrected chi connectivity index (χ3v) is 2.73. The zero-order valence-electron chi connectivity index (χ0n) is 13.5. The number of carboxylic acid groups (broad SMARTS) is 1. The number of rotatable bonds is 6. The summed E-state index contributed by atoms with van der Waals surface area (Å²) in [6, 6.07) is -1.79. The highest BCUT2D eigenvalue weighted by molar-refractivity contribution is 5.80. The van der Waals surface area contributed by atoms with Crippen molar-refractivity contribution in [3.8, 4) is 5.75 Å². The predicted molar refractivity (Wildman–Crippen MR) is 78.9 cm³/mol. The Balaban J connectivity index is 2.81. The zero-order valence-corrected chi connectivity index (χ0v) is 13.5. The number of carbonyl (C=O) groups is 2. The standard InChI is InChI=1S/C14H23N3O5/c1-6-21-10-7-15-17(8-10)9(2)11(12(18)19)16-13(20)22-14(3,4)5/h7-9,11H,6H2,1-5H3,(H,16,20)(H,18,19). The molecule has 0 aliphatic heterocycles. The molecule has 0 radical (unpaired) electrons. The van der Waals surface area contributed by atoms with E-state index in [0.717, 1.165) is 0 Å². The number of nitrogens with zero attached hydrogens (tertiary/aromatic N) is 2. The number of carbonyl (C=O) groups excluding carboxylic acids is 1. The maximum absolute atomic E-state index is 11.8. The molecule has 1 aromatic heterocycles. The minimum atomic E-state index is -1.18. The van der Waals surface area contributed by atoms with Crippen LogP contribution in [0, 0.1) is 0 Å². The predicted octanol–water partition coefficient (Wildman–Crippen LogP) is 1.82. The fraction of sp³-hybridized carbons (Fsp3) is 0.643. The molecule has 2 N–H and O–H groups in total. The highest BCUT2D eigenvalue weighted by atomic mass is 16.6. The summed E-state index contributed by atoms with van der Waals surface area (Å²) in [6.45, 7) is 9.07. The van der Waals surface area contributed by atoms with Gasteiger partial charge in [0.1, 0.15) is 5.60 Å². The van der Waals surface area contributed by atoms with Crippen molar-refractivity contribution in [1.82, 2.24) is 15.1 Å². The van der Waals surface area contributed by atoms with Crippen molar-refractivity contribution in [3.63, 3.8) is 0 Å². The van der Waals surface area contributed by atoms with Gasteiger partial charge < -0.3 is 19.9 Å². The van der Waals surface area contributed by atoms with Crippen LogP contribution in [0.15, 0.2) is 12.4 Å². The van der Waals surface area contributed by atoms with Gasteiger partial charge in [-0.15, -0.1) is 0 Å². The molecule has 0 aliphatic rings. The van der Waals surface area contributed by atoms with E-state index in [1.165, 1.54) is 10.9 Å². The van der Waals surface area contributed by atoms with Gasteiger partial charge in [0.25, 0.3) is 0 Å². The Hall–Kier alpha value is -2.25. The number of nitrogens with one attached hydrogen (secondary N) is 1. The first-order valence-electron chi connectivity index (χ1n) is 7.03. The normalized spacial score (nSPS) is 14.0. The van der Waals surface area contributed by atoms with E-state index in [2.05, 4.69) is 10.4 Å². The van der Waals surface area contributed by atoms with Crippen molar-refractivity contribution in [3.05, 3.63) is 12.4 Å². The van der Waals surface area contributed by atoms with Crippen molar-refractivity contribution in [2.45, 2.75) is 52.3 Å². The summed E-state index contributed by atoms with van der Waals surface area (Å²) in [5.41, 5.74) is -0.704. The number of aromatic nitrogens is 2. The van der Waals surface area contributed by atoms with Crippen LogP contribution in [0.1, 0.15) is 40.7 Å². The second-order valence-corrected chi connectivity index (χ2v) is 5.79. The molecule has 1 amide bonds. The second-order valence-electron chi connectivity index (χ2n) is 5.79. The molecule has 0 aromatic carbocycles.